The van der Waals surface area contributed by atoms with Crippen molar-refractivity contribution in [3.05, 3.63) is 71.4 Å². The quantitative estimate of drug-likeness (QED) is 0.694. The predicted octanol–water partition coefficient (Wildman–Crippen LogP) is 3.84. The topological polar surface area (TPSA) is 28.7 Å². The molecule has 0 aliphatic heterocycles. The van der Waals surface area contributed by atoms with Gasteiger partial charge in [0, 0.05) is 17.3 Å². The van der Waals surface area contributed by atoms with Crippen LogP contribution in [0.3, 0.4) is 0 Å². The number of rotatable bonds is 2. The van der Waals surface area contributed by atoms with Crippen molar-refractivity contribution in [2.75, 3.05) is 0 Å². The number of nitrogens with zero attached hydrogens (tertiary/aromatic N) is 2. The molecule has 0 aliphatic carbocycles. The summed E-state index contributed by atoms with van der Waals surface area (Å²) in [6.45, 7) is 0.224. The maximum absolute atomic E-state index is 13.7. The molecular weight excluding hydrogens is 258 g/mol. The fourth-order valence-corrected chi connectivity index (χ4v) is 2.24. The highest BCUT2D eigenvalue weighted by Gasteiger charge is 2.07. The van der Waals surface area contributed by atoms with Crippen molar-refractivity contribution in [3.8, 4) is 6.07 Å². The number of aromatic nitrogens is 1. The van der Waals surface area contributed by atoms with E-state index in [-0.39, 0.29) is 12.1 Å². The molecule has 0 saturated heterocycles. The Morgan fingerprint density at radius 1 is 1.05 bits per heavy atom. The molecule has 2 aromatic carbocycles. The normalized spacial score (nSPS) is 10.7. The second kappa shape index (κ2) is 4.78. The van der Waals surface area contributed by atoms with E-state index in [4.69, 9.17) is 5.26 Å². The van der Waals surface area contributed by atoms with Crippen LogP contribution in [0.25, 0.3) is 10.9 Å². The van der Waals surface area contributed by atoms with Gasteiger partial charge in [-0.15, -0.1) is 0 Å². The Morgan fingerprint density at radius 2 is 1.90 bits per heavy atom. The van der Waals surface area contributed by atoms with E-state index in [1.54, 1.807) is 22.9 Å². The predicted molar refractivity (Wildman–Crippen MR) is 72.1 cm³/mol. The van der Waals surface area contributed by atoms with Crippen LogP contribution >= 0.6 is 0 Å². The summed E-state index contributed by atoms with van der Waals surface area (Å²) >= 11 is 0. The minimum absolute atomic E-state index is 0.224. The molecule has 0 spiro atoms. The first-order chi connectivity index (χ1) is 9.67. The van der Waals surface area contributed by atoms with Crippen LogP contribution in [0.2, 0.25) is 0 Å². The zero-order valence-corrected chi connectivity index (χ0v) is 10.5. The molecule has 0 aliphatic rings. The fourth-order valence-electron chi connectivity index (χ4n) is 2.24. The lowest BCUT2D eigenvalue weighted by molar-refractivity contribution is 0.579. The van der Waals surface area contributed by atoms with Crippen molar-refractivity contribution in [1.82, 2.24) is 4.57 Å². The Morgan fingerprint density at radius 3 is 2.70 bits per heavy atom. The van der Waals surface area contributed by atoms with Crippen LogP contribution in [-0.2, 0) is 6.54 Å². The van der Waals surface area contributed by atoms with Gasteiger partial charge in [0.15, 0.2) is 0 Å². The average molecular weight is 268 g/mol. The average Bonchev–Trinajstić information content (AvgIpc) is 2.85. The van der Waals surface area contributed by atoms with E-state index in [0.717, 1.165) is 23.0 Å². The zero-order chi connectivity index (χ0) is 14.1. The van der Waals surface area contributed by atoms with Gasteiger partial charge in [-0.3, -0.25) is 0 Å². The van der Waals surface area contributed by atoms with Gasteiger partial charge in [0.25, 0.3) is 0 Å². The zero-order valence-electron chi connectivity index (χ0n) is 10.5. The second-order valence-corrected chi connectivity index (χ2v) is 4.56. The van der Waals surface area contributed by atoms with E-state index in [0.29, 0.717) is 5.56 Å². The molecule has 0 N–H and O–H groups in total. The molecule has 4 heteroatoms. The highest BCUT2D eigenvalue weighted by Crippen LogP contribution is 2.20. The molecule has 3 rings (SSSR count). The van der Waals surface area contributed by atoms with Crippen molar-refractivity contribution in [3.63, 3.8) is 0 Å². The van der Waals surface area contributed by atoms with Crippen LogP contribution in [0.4, 0.5) is 8.78 Å². The first-order valence-corrected chi connectivity index (χ1v) is 6.10. The van der Waals surface area contributed by atoms with Crippen LogP contribution in [0, 0.1) is 23.0 Å². The molecule has 0 fully saturated rings. The number of hydrogen-bond acceptors (Lipinski definition) is 1. The van der Waals surface area contributed by atoms with E-state index >= 15 is 0 Å². The van der Waals surface area contributed by atoms with Crippen molar-refractivity contribution in [1.29, 1.82) is 5.26 Å². The van der Waals surface area contributed by atoms with Gasteiger partial charge in [0.2, 0.25) is 0 Å². The Labute approximate surface area is 114 Å². The van der Waals surface area contributed by atoms with Crippen molar-refractivity contribution in [2.24, 2.45) is 0 Å². The van der Waals surface area contributed by atoms with E-state index in [9.17, 15) is 8.78 Å². The minimum Gasteiger partial charge on any atom is -0.343 e. The summed E-state index contributed by atoms with van der Waals surface area (Å²) in [7, 11) is 0. The van der Waals surface area contributed by atoms with Gasteiger partial charge in [0.05, 0.1) is 18.2 Å². The third-order valence-corrected chi connectivity index (χ3v) is 3.25. The van der Waals surface area contributed by atoms with Crippen molar-refractivity contribution in [2.45, 2.75) is 6.54 Å². The molecule has 0 saturated carbocycles. The SMILES string of the molecule is N#Cc1ccc2ccn(Cc3cc(F)ccc3F)c2c1. The van der Waals surface area contributed by atoms with E-state index in [2.05, 4.69) is 6.07 Å². The van der Waals surface area contributed by atoms with Crippen LogP contribution in [0.5, 0.6) is 0 Å². The molecular formula is C16H10F2N2. The molecule has 0 radical (unpaired) electrons. The number of benzene rings is 2. The molecule has 2 nitrogen and oxygen atoms in total. The molecule has 98 valence electrons. The maximum atomic E-state index is 13.7. The molecule has 20 heavy (non-hydrogen) atoms. The monoisotopic (exact) mass is 268 g/mol. The summed E-state index contributed by atoms with van der Waals surface area (Å²) in [5, 5.41) is 9.89. The second-order valence-electron chi connectivity index (χ2n) is 4.56. The molecule has 1 aromatic heterocycles. The third kappa shape index (κ3) is 2.14. The van der Waals surface area contributed by atoms with E-state index in [1.165, 1.54) is 6.07 Å². The van der Waals surface area contributed by atoms with Gasteiger partial charge in [-0.05, 0) is 41.8 Å². The van der Waals surface area contributed by atoms with Gasteiger partial charge < -0.3 is 4.57 Å². The number of halogens is 2. The largest absolute Gasteiger partial charge is 0.343 e. The van der Waals surface area contributed by atoms with Crippen LogP contribution in [0.15, 0.2) is 48.7 Å². The summed E-state index contributed by atoms with van der Waals surface area (Å²) < 4.78 is 28.7. The Hall–Kier alpha value is -2.67. The smallest absolute Gasteiger partial charge is 0.128 e. The van der Waals surface area contributed by atoms with Gasteiger partial charge in [-0.1, -0.05) is 6.07 Å². The summed E-state index contributed by atoms with van der Waals surface area (Å²) in [6.07, 6.45) is 1.80. The molecule has 3 aromatic rings. The van der Waals surface area contributed by atoms with Crippen LogP contribution in [-0.4, -0.2) is 4.57 Å². The third-order valence-electron chi connectivity index (χ3n) is 3.25. The lowest BCUT2D eigenvalue weighted by Gasteiger charge is -2.07. The standard InChI is InChI=1S/C16H10F2N2/c17-14-3-4-15(18)13(8-14)10-20-6-5-12-2-1-11(9-19)7-16(12)20/h1-8H,10H2. The molecule has 0 atom stereocenters. The summed E-state index contributed by atoms with van der Waals surface area (Å²) in [5.41, 5.74) is 1.65. The van der Waals surface area contributed by atoms with Gasteiger partial charge >= 0.3 is 0 Å². The number of nitriles is 1. The number of hydrogen-bond donors (Lipinski definition) is 0. The highest BCUT2D eigenvalue weighted by molar-refractivity contribution is 5.81. The highest BCUT2D eigenvalue weighted by atomic mass is 19.1. The summed E-state index contributed by atoms with van der Waals surface area (Å²) in [4.78, 5) is 0. The first kappa shape index (κ1) is 12.4. The fraction of sp³-hybridized carbons (Fsp3) is 0.0625. The first-order valence-electron chi connectivity index (χ1n) is 6.10. The number of fused-ring (bicyclic) bond motifs is 1. The maximum Gasteiger partial charge on any atom is 0.128 e. The van der Waals surface area contributed by atoms with Crippen molar-refractivity contribution >= 4 is 10.9 Å². The Balaban J connectivity index is 2.07. The summed E-state index contributed by atoms with van der Waals surface area (Å²) in [5.74, 6) is -0.903. The minimum atomic E-state index is -0.462. The van der Waals surface area contributed by atoms with Crippen molar-refractivity contribution < 1.29 is 8.78 Å². The Kier molecular flexibility index (Phi) is 2.96. The van der Waals surface area contributed by atoms with Crippen LogP contribution < -0.4 is 0 Å². The molecule has 0 amide bonds. The van der Waals surface area contributed by atoms with Gasteiger partial charge in [-0.25, -0.2) is 8.78 Å². The summed E-state index contributed by atoms with van der Waals surface area (Å²) in [6, 6.07) is 12.7. The molecule has 0 bridgehead atoms. The van der Waals surface area contributed by atoms with Gasteiger partial charge in [-0.2, -0.15) is 5.26 Å². The van der Waals surface area contributed by atoms with Crippen LogP contribution in [0.1, 0.15) is 11.1 Å². The molecule has 0 unspecified atom stereocenters. The van der Waals surface area contributed by atoms with E-state index in [1.807, 2.05) is 12.1 Å². The Bertz CT molecular complexity index is 828. The molecule has 1 heterocycles. The lowest BCUT2D eigenvalue weighted by atomic mass is 10.1. The van der Waals surface area contributed by atoms with E-state index < -0.39 is 11.6 Å². The lowest BCUT2D eigenvalue weighted by Crippen LogP contribution is -2.01. The van der Waals surface area contributed by atoms with Gasteiger partial charge in [0.1, 0.15) is 11.6 Å².